The Hall–Kier alpha value is -4.47. The number of hydrogen-bond donors (Lipinski definition) is 1. The molecule has 354 valence electrons. The topological polar surface area (TPSA) is 151 Å². The molecule has 1 N–H and O–H groups in total. The lowest BCUT2D eigenvalue weighted by Gasteiger charge is -2.34. The van der Waals surface area contributed by atoms with E-state index in [9.17, 15) is 24.0 Å². The molecule has 1 atom stereocenters. The molecule has 0 radical (unpaired) electrons. The van der Waals surface area contributed by atoms with Crippen LogP contribution in [0.15, 0.2) is 54.6 Å². The first-order valence-corrected chi connectivity index (χ1v) is 22.8. The van der Waals surface area contributed by atoms with E-state index in [0.29, 0.717) is 78.2 Å². The number of aromatic nitrogens is 1. The van der Waals surface area contributed by atoms with Crippen LogP contribution in [0.25, 0.3) is 10.9 Å². The summed E-state index contributed by atoms with van der Waals surface area (Å²) in [7, 11) is 0. The van der Waals surface area contributed by atoms with E-state index in [1.165, 1.54) is 0 Å². The number of ketones is 2. The molecule has 1 aliphatic rings. The van der Waals surface area contributed by atoms with Crippen molar-refractivity contribution in [1.82, 2.24) is 24.6 Å². The zero-order valence-electron chi connectivity index (χ0n) is 40.3. The third-order valence-corrected chi connectivity index (χ3v) is 10.5. The van der Waals surface area contributed by atoms with Crippen molar-refractivity contribution >= 4 is 40.4 Å². The Morgan fingerprint density at radius 2 is 1.02 bits per heavy atom. The van der Waals surface area contributed by atoms with Gasteiger partial charge in [0.15, 0.2) is 5.78 Å². The lowest BCUT2D eigenvalue weighted by atomic mass is 10.0. The van der Waals surface area contributed by atoms with Crippen molar-refractivity contribution in [3.63, 3.8) is 0 Å². The van der Waals surface area contributed by atoms with Crippen LogP contribution >= 0.6 is 0 Å². The Labute approximate surface area is 381 Å². The van der Waals surface area contributed by atoms with Crippen LogP contribution in [0.3, 0.4) is 0 Å². The molecule has 2 aromatic carbocycles. The molecule has 1 saturated heterocycles. The standard InChI is InChI=1S/C50H75N5O9/c1-37(29-41-30-40-13-11-12-14-43(40)51-41)44(57)36-61-35-39-17-15-38(16-18-39)19-20-42(56)31-52-21-23-53(32-45(58)62-48(2,3)4)25-27-55(34-47(60)64-50(8,9)10)28-26-54(24-22-52)33-46(59)63-49(5,6)7/h11-18,30,37,51H,19-29,31-36H2,1-10H3/t37-/m1/s1. The number of para-hydroxylation sites is 1. The number of hydrogen-bond acceptors (Lipinski definition) is 13. The van der Waals surface area contributed by atoms with Crippen LogP contribution in [0.4, 0.5) is 0 Å². The predicted molar refractivity (Wildman–Crippen MR) is 249 cm³/mol. The van der Waals surface area contributed by atoms with Crippen LogP contribution in [-0.2, 0) is 62.4 Å². The molecule has 0 saturated carbocycles. The van der Waals surface area contributed by atoms with Crippen molar-refractivity contribution in [3.8, 4) is 0 Å². The summed E-state index contributed by atoms with van der Waals surface area (Å²) in [5.41, 5.74) is 2.14. The van der Waals surface area contributed by atoms with Gasteiger partial charge in [-0.3, -0.25) is 43.6 Å². The molecule has 0 spiro atoms. The fourth-order valence-electron chi connectivity index (χ4n) is 7.39. The predicted octanol–water partition coefficient (Wildman–Crippen LogP) is 5.88. The summed E-state index contributed by atoms with van der Waals surface area (Å²) in [5.74, 6) is -1.08. The van der Waals surface area contributed by atoms with Gasteiger partial charge < -0.3 is 23.9 Å². The highest BCUT2D eigenvalue weighted by atomic mass is 16.6. The van der Waals surface area contributed by atoms with Gasteiger partial charge in [0.1, 0.15) is 29.2 Å². The van der Waals surface area contributed by atoms with Crippen LogP contribution in [0, 0.1) is 5.92 Å². The van der Waals surface area contributed by atoms with Crippen molar-refractivity contribution in [3.05, 3.63) is 71.4 Å². The summed E-state index contributed by atoms with van der Waals surface area (Å²) >= 11 is 0. The van der Waals surface area contributed by atoms with Gasteiger partial charge in [-0.05, 0) is 104 Å². The van der Waals surface area contributed by atoms with E-state index in [2.05, 4.69) is 22.0 Å². The fourth-order valence-corrected chi connectivity index (χ4v) is 7.39. The molecule has 0 unspecified atom stereocenters. The van der Waals surface area contributed by atoms with Gasteiger partial charge in [-0.1, -0.05) is 49.4 Å². The van der Waals surface area contributed by atoms with E-state index < -0.39 is 16.8 Å². The van der Waals surface area contributed by atoms with Crippen LogP contribution < -0.4 is 0 Å². The molecule has 2 heterocycles. The van der Waals surface area contributed by atoms with Gasteiger partial charge in [0, 0.05) is 75.9 Å². The Bertz CT molecular complexity index is 1900. The van der Waals surface area contributed by atoms with Gasteiger partial charge in [0.25, 0.3) is 0 Å². The van der Waals surface area contributed by atoms with Crippen LogP contribution in [0.2, 0.25) is 0 Å². The van der Waals surface area contributed by atoms with Crippen molar-refractivity contribution in [2.45, 2.75) is 112 Å². The normalized spacial score (nSPS) is 16.4. The second-order valence-corrected chi connectivity index (χ2v) is 20.2. The number of ether oxygens (including phenoxy) is 4. The van der Waals surface area contributed by atoms with E-state index in [1.807, 2.05) is 126 Å². The van der Waals surface area contributed by atoms with E-state index in [-0.39, 0.29) is 68.2 Å². The highest BCUT2D eigenvalue weighted by Gasteiger charge is 2.26. The van der Waals surface area contributed by atoms with Crippen LogP contribution in [-0.4, -0.2) is 156 Å². The van der Waals surface area contributed by atoms with E-state index in [4.69, 9.17) is 18.9 Å². The first-order chi connectivity index (χ1) is 30.0. The van der Waals surface area contributed by atoms with Gasteiger partial charge in [-0.2, -0.15) is 0 Å². The third kappa shape index (κ3) is 20.6. The number of esters is 3. The Morgan fingerprint density at radius 3 is 1.45 bits per heavy atom. The molecular weight excluding hydrogens is 815 g/mol. The summed E-state index contributed by atoms with van der Waals surface area (Å²) in [6.45, 7) is 23.0. The maximum absolute atomic E-state index is 13.6. The lowest BCUT2D eigenvalue weighted by Crippen LogP contribution is -2.50. The van der Waals surface area contributed by atoms with E-state index in [1.54, 1.807) is 0 Å². The number of fused-ring (bicyclic) bond motifs is 1. The summed E-state index contributed by atoms with van der Waals surface area (Å²) in [4.78, 5) is 77.1. The molecule has 1 fully saturated rings. The summed E-state index contributed by atoms with van der Waals surface area (Å²) in [5, 5.41) is 1.13. The Kier molecular flexibility index (Phi) is 19.7. The van der Waals surface area contributed by atoms with Crippen molar-refractivity contribution in [1.29, 1.82) is 0 Å². The number of aryl methyl sites for hydroxylation is 1. The highest BCUT2D eigenvalue weighted by molar-refractivity contribution is 5.83. The molecule has 3 aromatic rings. The quantitative estimate of drug-likeness (QED) is 0.120. The molecular formula is C50H75N5O9. The number of benzene rings is 2. The lowest BCUT2D eigenvalue weighted by molar-refractivity contribution is -0.158. The van der Waals surface area contributed by atoms with Crippen molar-refractivity contribution in [2.75, 3.05) is 85.1 Å². The second kappa shape index (κ2) is 24.2. The number of rotatable bonds is 18. The van der Waals surface area contributed by atoms with Crippen LogP contribution in [0.1, 0.15) is 92.5 Å². The van der Waals surface area contributed by atoms with Gasteiger partial charge in [0.2, 0.25) is 0 Å². The largest absolute Gasteiger partial charge is 0.459 e. The van der Waals surface area contributed by atoms with Gasteiger partial charge in [0.05, 0.1) is 32.8 Å². The zero-order chi connectivity index (χ0) is 47.1. The van der Waals surface area contributed by atoms with E-state index in [0.717, 1.165) is 27.7 Å². The molecule has 1 aliphatic heterocycles. The first kappa shape index (κ1) is 52.2. The van der Waals surface area contributed by atoms with Crippen molar-refractivity contribution in [2.24, 2.45) is 5.92 Å². The molecule has 0 bridgehead atoms. The molecule has 0 amide bonds. The first-order valence-electron chi connectivity index (χ1n) is 22.8. The number of H-pyrrole nitrogens is 1. The number of aromatic amines is 1. The Balaban J connectivity index is 1.35. The van der Waals surface area contributed by atoms with E-state index >= 15 is 0 Å². The minimum atomic E-state index is -0.643. The number of carbonyl (C=O) groups excluding carboxylic acids is 5. The molecule has 14 heteroatoms. The average Bonchev–Trinajstić information content (AvgIpc) is 3.58. The summed E-state index contributed by atoms with van der Waals surface area (Å²) in [6.07, 6.45) is 1.54. The van der Waals surface area contributed by atoms with Gasteiger partial charge >= 0.3 is 17.9 Å². The summed E-state index contributed by atoms with van der Waals surface area (Å²) < 4.78 is 22.8. The zero-order valence-corrected chi connectivity index (χ0v) is 40.3. The van der Waals surface area contributed by atoms with Crippen LogP contribution in [0.5, 0.6) is 0 Å². The maximum atomic E-state index is 13.6. The minimum Gasteiger partial charge on any atom is -0.459 e. The maximum Gasteiger partial charge on any atom is 0.320 e. The Morgan fingerprint density at radius 1 is 0.594 bits per heavy atom. The molecule has 0 aliphatic carbocycles. The fraction of sp³-hybridized carbons (Fsp3) is 0.620. The monoisotopic (exact) mass is 890 g/mol. The summed E-state index contributed by atoms with van der Waals surface area (Å²) in [6, 6.07) is 18.1. The number of nitrogens with zero attached hydrogens (tertiary/aromatic N) is 4. The molecule has 64 heavy (non-hydrogen) atoms. The average molecular weight is 890 g/mol. The minimum absolute atomic E-state index is 0.0399. The highest BCUT2D eigenvalue weighted by Crippen LogP contribution is 2.18. The van der Waals surface area contributed by atoms with Gasteiger partial charge in [-0.15, -0.1) is 0 Å². The SMILES string of the molecule is C[C@H](Cc1cc2ccccc2[nH]1)C(=O)COCc1ccc(CCC(=O)CN2CCN(CC(=O)OC(C)(C)C)CCN(CC(=O)OC(C)(C)C)CCN(CC(=O)OC(C)(C)C)CC2)cc1. The molecule has 4 rings (SSSR count). The van der Waals surface area contributed by atoms with Gasteiger partial charge in [-0.25, -0.2) is 0 Å². The number of nitrogens with one attached hydrogen (secondary N) is 1. The van der Waals surface area contributed by atoms with Crippen molar-refractivity contribution < 1.29 is 42.9 Å². The molecule has 14 nitrogen and oxygen atoms in total. The third-order valence-electron chi connectivity index (χ3n) is 10.5. The smallest absolute Gasteiger partial charge is 0.320 e. The number of Topliss-reactive ketones (excluding diaryl/α,β-unsaturated/α-hetero) is 2. The molecule has 1 aromatic heterocycles. The second-order valence-electron chi connectivity index (χ2n) is 20.2. The number of carbonyl (C=O) groups is 5.